The van der Waals surface area contributed by atoms with E-state index in [0.29, 0.717) is 11.4 Å². The van der Waals surface area contributed by atoms with Gasteiger partial charge in [-0.25, -0.2) is 9.37 Å². The summed E-state index contributed by atoms with van der Waals surface area (Å²) >= 11 is 5.72. The summed E-state index contributed by atoms with van der Waals surface area (Å²) in [5.41, 5.74) is 3.00. The van der Waals surface area contributed by atoms with Crippen molar-refractivity contribution in [3.8, 4) is 0 Å². The van der Waals surface area contributed by atoms with Crippen molar-refractivity contribution in [3.63, 3.8) is 0 Å². The number of hydrogen-bond donors (Lipinski definition) is 2. The van der Waals surface area contributed by atoms with E-state index in [0.717, 1.165) is 48.5 Å². The van der Waals surface area contributed by atoms with Gasteiger partial charge in [0, 0.05) is 55.8 Å². The molecule has 7 nitrogen and oxygen atoms in total. The van der Waals surface area contributed by atoms with Crippen LogP contribution in [-0.2, 0) is 9.59 Å². The molecule has 3 aromatic rings. The summed E-state index contributed by atoms with van der Waals surface area (Å²) < 4.78 is 13.2. The van der Waals surface area contributed by atoms with Gasteiger partial charge in [-0.05, 0) is 62.0 Å². The van der Waals surface area contributed by atoms with Crippen molar-refractivity contribution >= 4 is 51.5 Å². The summed E-state index contributed by atoms with van der Waals surface area (Å²) in [5, 5.41) is 6.35. The summed E-state index contributed by atoms with van der Waals surface area (Å²) in [4.78, 5) is 33.9. The second kappa shape index (κ2) is 10.4. The second-order valence-corrected chi connectivity index (χ2v) is 8.95. The molecule has 1 saturated heterocycles. The highest BCUT2D eigenvalue weighted by molar-refractivity contribution is 6.31. The van der Waals surface area contributed by atoms with E-state index in [9.17, 15) is 14.0 Å². The molecular weight excluding hydrogens is 457 g/mol. The topological polar surface area (TPSA) is 77.6 Å². The highest BCUT2D eigenvalue weighted by Crippen LogP contribution is 2.26. The normalized spacial score (nSPS) is 14.3. The number of rotatable bonds is 6. The number of pyridine rings is 1. The Morgan fingerprint density at radius 3 is 2.24 bits per heavy atom. The number of aromatic nitrogens is 1. The van der Waals surface area contributed by atoms with Crippen molar-refractivity contribution in [2.75, 3.05) is 48.8 Å². The fourth-order valence-electron chi connectivity index (χ4n) is 3.90. The summed E-state index contributed by atoms with van der Waals surface area (Å²) in [6.45, 7) is 5.97. The monoisotopic (exact) mass is 483 g/mol. The Hall–Kier alpha value is -3.23. The molecule has 1 aromatic heterocycles. The molecule has 178 valence electrons. The smallest absolute Gasteiger partial charge is 0.224 e. The lowest BCUT2D eigenvalue weighted by molar-refractivity contribution is -0.121. The summed E-state index contributed by atoms with van der Waals surface area (Å²) in [5.74, 6) is -0.210. The van der Waals surface area contributed by atoms with E-state index in [2.05, 4.69) is 33.5 Å². The van der Waals surface area contributed by atoms with Crippen molar-refractivity contribution in [3.05, 3.63) is 58.9 Å². The lowest BCUT2D eigenvalue weighted by Gasteiger charge is -2.33. The highest BCUT2D eigenvalue weighted by atomic mass is 35.5. The van der Waals surface area contributed by atoms with Crippen molar-refractivity contribution in [1.82, 2.24) is 9.88 Å². The van der Waals surface area contributed by atoms with Gasteiger partial charge in [0.15, 0.2) is 0 Å². The zero-order valence-electron chi connectivity index (χ0n) is 19.2. The minimum atomic E-state index is -0.560. The van der Waals surface area contributed by atoms with E-state index in [-0.39, 0.29) is 29.7 Å². The standard InChI is InChI=1S/C25H27ClFN5O2/c1-16-13-23(32-11-9-31(2)10-12-32)30-22-6-4-17(14-19(16)22)28-24(33)7-8-25(34)29-18-3-5-21(27)20(26)15-18/h3-6,13-15H,7-12H2,1-2H3,(H,28,33)(H,29,34). The predicted molar refractivity (Wildman–Crippen MR) is 134 cm³/mol. The fraction of sp³-hybridized carbons (Fsp3) is 0.320. The predicted octanol–water partition coefficient (Wildman–Crippen LogP) is 4.44. The zero-order chi connectivity index (χ0) is 24.2. The lowest BCUT2D eigenvalue weighted by Crippen LogP contribution is -2.44. The number of benzene rings is 2. The minimum Gasteiger partial charge on any atom is -0.354 e. The second-order valence-electron chi connectivity index (χ2n) is 8.54. The molecule has 2 N–H and O–H groups in total. The number of nitrogens with one attached hydrogen (secondary N) is 2. The largest absolute Gasteiger partial charge is 0.354 e. The van der Waals surface area contributed by atoms with Gasteiger partial charge in [0.05, 0.1) is 10.5 Å². The Balaban J connectivity index is 1.35. The first-order valence-corrected chi connectivity index (χ1v) is 11.6. The van der Waals surface area contributed by atoms with Crippen LogP contribution in [-0.4, -0.2) is 54.9 Å². The molecule has 2 heterocycles. The Labute approximate surface area is 202 Å². The first-order chi connectivity index (χ1) is 16.3. The molecule has 2 amide bonds. The van der Waals surface area contributed by atoms with E-state index >= 15 is 0 Å². The molecule has 0 aliphatic carbocycles. The van der Waals surface area contributed by atoms with Gasteiger partial charge in [-0.2, -0.15) is 0 Å². The van der Waals surface area contributed by atoms with E-state index in [4.69, 9.17) is 16.6 Å². The average molecular weight is 484 g/mol. The molecule has 9 heteroatoms. The van der Waals surface area contributed by atoms with Crippen molar-refractivity contribution in [2.24, 2.45) is 0 Å². The van der Waals surface area contributed by atoms with Crippen LogP contribution in [0.15, 0.2) is 42.5 Å². The molecule has 0 radical (unpaired) electrons. The molecule has 0 saturated carbocycles. The van der Waals surface area contributed by atoms with Gasteiger partial charge in [0.25, 0.3) is 0 Å². The quantitative estimate of drug-likeness (QED) is 0.542. The van der Waals surface area contributed by atoms with E-state index in [1.807, 2.05) is 25.1 Å². The van der Waals surface area contributed by atoms with E-state index in [1.54, 1.807) is 0 Å². The third-order valence-corrected chi connectivity index (χ3v) is 6.19. The lowest BCUT2D eigenvalue weighted by atomic mass is 10.1. The van der Waals surface area contributed by atoms with Crippen molar-refractivity contribution in [2.45, 2.75) is 19.8 Å². The Bertz CT molecular complexity index is 1230. The average Bonchev–Trinajstić information content (AvgIpc) is 2.81. The molecule has 0 bridgehead atoms. The van der Waals surface area contributed by atoms with Crippen LogP contribution in [0.5, 0.6) is 0 Å². The van der Waals surface area contributed by atoms with Gasteiger partial charge in [-0.3, -0.25) is 9.59 Å². The van der Waals surface area contributed by atoms with Crippen molar-refractivity contribution < 1.29 is 14.0 Å². The number of nitrogens with zero attached hydrogens (tertiary/aromatic N) is 3. The number of aryl methyl sites for hydroxylation is 1. The van der Waals surface area contributed by atoms with E-state index in [1.165, 1.54) is 18.2 Å². The molecule has 0 spiro atoms. The van der Waals surface area contributed by atoms with Gasteiger partial charge in [-0.1, -0.05) is 11.6 Å². The molecule has 1 aliphatic heterocycles. The molecule has 4 rings (SSSR count). The Morgan fingerprint density at radius 2 is 1.59 bits per heavy atom. The van der Waals surface area contributed by atoms with Crippen LogP contribution in [0, 0.1) is 12.7 Å². The number of fused-ring (bicyclic) bond motifs is 1. The first-order valence-electron chi connectivity index (χ1n) is 11.2. The Kier molecular flexibility index (Phi) is 7.29. The van der Waals surface area contributed by atoms with Crippen molar-refractivity contribution in [1.29, 1.82) is 0 Å². The van der Waals surface area contributed by atoms with Crippen LogP contribution < -0.4 is 15.5 Å². The van der Waals surface area contributed by atoms with Crippen LogP contribution in [0.3, 0.4) is 0 Å². The van der Waals surface area contributed by atoms with Gasteiger partial charge >= 0.3 is 0 Å². The SMILES string of the molecule is Cc1cc(N2CCN(C)CC2)nc2ccc(NC(=O)CCC(=O)Nc3ccc(F)c(Cl)c3)cc12. The number of anilines is 3. The number of carbonyl (C=O) groups is 2. The fourth-order valence-corrected chi connectivity index (χ4v) is 4.08. The van der Waals surface area contributed by atoms with Crippen LogP contribution in [0.4, 0.5) is 21.6 Å². The number of likely N-dealkylation sites (N-methyl/N-ethyl adjacent to an activating group) is 1. The number of hydrogen-bond acceptors (Lipinski definition) is 5. The summed E-state index contributed by atoms with van der Waals surface area (Å²) in [7, 11) is 2.13. The maximum absolute atomic E-state index is 13.2. The molecule has 1 aliphatic rings. The van der Waals surface area contributed by atoms with E-state index < -0.39 is 5.82 Å². The third kappa shape index (κ3) is 5.81. The first kappa shape index (κ1) is 23.9. The maximum atomic E-state index is 13.2. The number of carbonyl (C=O) groups excluding carboxylic acids is 2. The minimum absolute atomic E-state index is 0.0105. The molecule has 2 aromatic carbocycles. The Morgan fingerprint density at radius 1 is 0.971 bits per heavy atom. The number of amides is 2. The third-order valence-electron chi connectivity index (χ3n) is 5.90. The maximum Gasteiger partial charge on any atom is 0.224 e. The zero-order valence-corrected chi connectivity index (χ0v) is 20.0. The van der Waals surface area contributed by atoms with Crippen LogP contribution in [0.2, 0.25) is 5.02 Å². The van der Waals surface area contributed by atoms with Gasteiger partial charge in [0.1, 0.15) is 11.6 Å². The number of halogens is 2. The van der Waals surface area contributed by atoms with Crippen LogP contribution in [0.25, 0.3) is 10.9 Å². The molecule has 0 unspecified atom stereocenters. The molecule has 34 heavy (non-hydrogen) atoms. The molecule has 1 fully saturated rings. The summed E-state index contributed by atoms with van der Waals surface area (Å²) in [6, 6.07) is 11.6. The molecular formula is C25H27ClFN5O2. The number of piperazine rings is 1. The highest BCUT2D eigenvalue weighted by Gasteiger charge is 2.17. The van der Waals surface area contributed by atoms with Gasteiger partial charge < -0.3 is 20.4 Å². The summed E-state index contributed by atoms with van der Waals surface area (Å²) in [6.07, 6.45) is 0.00174. The van der Waals surface area contributed by atoms with Crippen LogP contribution >= 0.6 is 11.6 Å². The van der Waals surface area contributed by atoms with Crippen LogP contribution in [0.1, 0.15) is 18.4 Å². The molecule has 0 atom stereocenters. The van der Waals surface area contributed by atoms with Gasteiger partial charge in [-0.15, -0.1) is 0 Å². The van der Waals surface area contributed by atoms with Gasteiger partial charge in [0.2, 0.25) is 11.8 Å².